The van der Waals surface area contributed by atoms with Crippen LogP contribution in [0.15, 0.2) is 30.3 Å². The van der Waals surface area contributed by atoms with Crippen LogP contribution in [0.4, 0.5) is 4.79 Å². The number of urea groups is 1. The Hall–Kier alpha value is -2.12. The third kappa shape index (κ3) is 5.69. The van der Waals surface area contributed by atoms with Gasteiger partial charge in [0.25, 0.3) is 0 Å². The van der Waals surface area contributed by atoms with E-state index in [0.717, 1.165) is 44.7 Å². The molecule has 2 aliphatic heterocycles. The molecule has 1 aromatic rings. The Balaban J connectivity index is 1.57. The number of rotatable bonds is 6. The molecule has 2 saturated heterocycles. The number of likely N-dealkylation sites (tertiary alicyclic amines) is 1. The summed E-state index contributed by atoms with van der Waals surface area (Å²) in [4.78, 5) is 30.5. The van der Waals surface area contributed by atoms with Gasteiger partial charge in [-0.25, -0.2) is 4.79 Å². The van der Waals surface area contributed by atoms with Crippen LogP contribution in [0.3, 0.4) is 0 Å². The van der Waals surface area contributed by atoms with E-state index in [1.807, 2.05) is 35.2 Å². The number of nitrogens with zero attached hydrogens (tertiary/aromatic N) is 3. The van der Waals surface area contributed by atoms with Crippen molar-refractivity contribution in [2.24, 2.45) is 5.92 Å². The van der Waals surface area contributed by atoms with Gasteiger partial charge in [-0.15, -0.1) is 0 Å². The second-order valence-corrected chi connectivity index (χ2v) is 7.98. The fraction of sp³-hybridized carbons (Fsp3) is 0.619. The minimum atomic E-state index is -0.761. The average molecular weight is 389 g/mol. The van der Waals surface area contributed by atoms with Crippen LogP contribution in [-0.4, -0.2) is 84.2 Å². The number of carboxylic acids is 1. The maximum Gasteiger partial charge on any atom is 0.317 e. The van der Waals surface area contributed by atoms with Crippen LogP contribution in [0, 0.1) is 5.92 Å². The normalized spacial score (nSPS) is 24.1. The molecule has 3 rings (SSSR count). The molecule has 0 saturated carbocycles. The molecular weight excluding hydrogens is 356 g/mol. The molecule has 2 fully saturated rings. The molecule has 0 aromatic heterocycles. The zero-order valence-electron chi connectivity index (χ0n) is 16.7. The van der Waals surface area contributed by atoms with Crippen molar-refractivity contribution in [2.45, 2.75) is 31.8 Å². The molecule has 2 amide bonds. The Morgan fingerprint density at radius 1 is 1.11 bits per heavy atom. The summed E-state index contributed by atoms with van der Waals surface area (Å²) in [6, 6.07) is 10.2. The van der Waals surface area contributed by atoms with Crippen LogP contribution in [0.25, 0.3) is 0 Å². The van der Waals surface area contributed by atoms with E-state index in [1.54, 1.807) is 0 Å². The summed E-state index contributed by atoms with van der Waals surface area (Å²) < 4.78 is 0. The first-order valence-corrected chi connectivity index (χ1v) is 10.2. The van der Waals surface area contributed by atoms with E-state index in [-0.39, 0.29) is 18.4 Å². The third-order valence-electron chi connectivity index (χ3n) is 6.00. The van der Waals surface area contributed by atoms with E-state index < -0.39 is 5.97 Å². The monoisotopic (exact) mass is 388 g/mol. The first-order chi connectivity index (χ1) is 13.5. The van der Waals surface area contributed by atoms with Gasteiger partial charge in [0.2, 0.25) is 0 Å². The number of benzene rings is 1. The Morgan fingerprint density at radius 3 is 2.50 bits per heavy atom. The number of piperazine rings is 1. The van der Waals surface area contributed by atoms with E-state index in [9.17, 15) is 9.59 Å². The Labute approximate surface area is 167 Å². The number of aliphatic carboxylic acids is 1. The van der Waals surface area contributed by atoms with Gasteiger partial charge >= 0.3 is 12.0 Å². The van der Waals surface area contributed by atoms with Crippen molar-refractivity contribution in [3.63, 3.8) is 0 Å². The SMILES string of the molecule is CN1CCN([C@@H]2CCN(C(=O)NCc3ccccc3)C[C@@H]2CCC(=O)O)CC1. The van der Waals surface area contributed by atoms with Crippen molar-refractivity contribution in [3.05, 3.63) is 35.9 Å². The quantitative estimate of drug-likeness (QED) is 0.776. The topological polar surface area (TPSA) is 76.1 Å². The smallest absolute Gasteiger partial charge is 0.317 e. The lowest BCUT2D eigenvalue weighted by atomic mass is 9.86. The van der Waals surface area contributed by atoms with E-state index in [1.165, 1.54) is 0 Å². The highest BCUT2D eigenvalue weighted by molar-refractivity contribution is 5.74. The van der Waals surface area contributed by atoms with E-state index in [0.29, 0.717) is 25.6 Å². The van der Waals surface area contributed by atoms with E-state index in [2.05, 4.69) is 22.2 Å². The molecule has 1 aromatic carbocycles. The van der Waals surface area contributed by atoms with Gasteiger partial charge in [-0.2, -0.15) is 0 Å². The predicted molar refractivity (Wildman–Crippen MR) is 108 cm³/mol. The lowest BCUT2D eigenvalue weighted by Crippen LogP contribution is -2.57. The first kappa shape index (κ1) is 20.6. The van der Waals surface area contributed by atoms with Gasteiger partial charge in [-0.3, -0.25) is 9.69 Å². The standard InChI is InChI=1S/C21H32N4O3/c1-23-11-13-24(14-12-23)19-9-10-25(16-18(19)7-8-20(26)27)21(28)22-15-17-5-3-2-4-6-17/h2-6,18-19H,7-16H2,1H3,(H,22,28)(H,26,27)/t18-,19+/m0/s1. The molecule has 2 aliphatic rings. The number of hydrogen-bond acceptors (Lipinski definition) is 4. The van der Waals surface area contributed by atoms with Crippen LogP contribution in [-0.2, 0) is 11.3 Å². The minimum absolute atomic E-state index is 0.0546. The highest BCUT2D eigenvalue weighted by Crippen LogP contribution is 2.27. The van der Waals surface area contributed by atoms with Crippen LogP contribution in [0.1, 0.15) is 24.8 Å². The number of carboxylic acid groups (broad SMARTS) is 1. The predicted octanol–water partition coefficient (Wildman–Crippen LogP) is 1.70. The molecule has 0 bridgehead atoms. The number of carbonyl (C=O) groups is 2. The lowest BCUT2D eigenvalue weighted by Gasteiger charge is -2.46. The van der Waals surface area contributed by atoms with E-state index >= 15 is 0 Å². The molecule has 2 N–H and O–H groups in total. The van der Waals surface area contributed by atoms with Crippen LogP contribution < -0.4 is 5.32 Å². The van der Waals surface area contributed by atoms with E-state index in [4.69, 9.17) is 5.11 Å². The van der Waals surface area contributed by atoms with Gasteiger partial charge in [0, 0.05) is 58.3 Å². The van der Waals surface area contributed by atoms with Gasteiger partial charge in [0.1, 0.15) is 0 Å². The van der Waals surface area contributed by atoms with Gasteiger partial charge in [-0.1, -0.05) is 30.3 Å². The number of likely N-dealkylation sites (N-methyl/N-ethyl adjacent to an activating group) is 1. The first-order valence-electron chi connectivity index (χ1n) is 10.2. The molecule has 2 heterocycles. The molecule has 0 spiro atoms. The Kier molecular flexibility index (Phi) is 7.28. The summed E-state index contributed by atoms with van der Waals surface area (Å²) in [6.07, 6.45) is 1.69. The summed E-state index contributed by atoms with van der Waals surface area (Å²) in [6.45, 7) is 5.99. The second kappa shape index (κ2) is 9.89. The van der Waals surface area contributed by atoms with Crippen molar-refractivity contribution in [2.75, 3.05) is 46.3 Å². The maximum atomic E-state index is 12.7. The summed E-state index contributed by atoms with van der Waals surface area (Å²) in [5.41, 5.74) is 1.07. The molecule has 154 valence electrons. The molecular formula is C21H32N4O3. The van der Waals surface area contributed by atoms with Crippen molar-refractivity contribution in [1.29, 1.82) is 0 Å². The van der Waals surface area contributed by atoms with Crippen molar-refractivity contribution in [1.82, 2.24) is 20.0 Å². The summed E-state index contributed by atoms with van der Waals surface area (Å²) >= 11 is 0. The lowest BCUT2D eigenvalue weighted by molar-refractivity contribution is -0.137. The zero-order valence-corrected chi connectivity index (χ0v) is 16.7. The van der Waals surface area contributed by atoms with Gasteiger partial charge < -0.3 is 20.2 Å². The summed E-state index contributed by atoms with van der Waals surface area (Å²) in [5.74, 6) is -0.557. The largest absolute Gasteiger partial charge is 0.481 e. The highest BCUT2D eigenvalue weighted by atomic mass is 16.4. The Morgan fingerprint density at radius 2 is 1.82 bits per heavy atom. The number of hydrogen-bond donors (Lipinski definition) is 2. The zero-order chi connectivity index (χ0) is 19.9. The molecule has 0 unspecified atom stereocenters. The fourth-order valence-corrected chi connectivity index (χ4v) is 4.32. The molecule has 0 radical (unpaired) electrons. The summed E-state index contributed by atoms with van der Waals surface area (Å²) in [5, 5.41) is 12.2. The highest BCUT2D eigenvalue weighted by Gasteiger charge is 2.35. The number of amides is 2. The molecule has 7 heteroatoms. The minimum Gasteiger partial charge on any atom is -0.481 e. The molecule has 0 aliphatic carbocycles. The number of piperidine rings is 1. The van der Waals surface area contributed by atoms with Crippen molar-refractivity contribution < 1.29 is 14.7 Å². The second-order valence-electron chi connectivity index (χ2n) is 7.98. The van der Waals surface area contributed by atoms with Gasteiger partial charge in [-0.05, 0) is 31.4 Å². The Bertz CT molecular complexity index is 646. The van der Waals surface area contributed by atoms with Crippen LogP contribution >= 0.6 is 0 Å². The molecule has 2 atom stereocenters. The van der Waals surface area contributed by atoms with Crippen molar-refractivity contribution >= 4 is 12.0 Å². The van der Waals surface area contributed by atoms with Gasteiger partial charge in [0.05, 0.1) is 0 Å². The number of carbonyl (C=O) groups excluding carboxylic acids is 1. The van der Waals surface area contributed by atoms with Gasteiger partial charge in [0.15, 0.2) is 0 Å². The fourth-order valence-electron chi connectivity index (χ4n) is 4.32. The van der Waals surface area contributed by atoms with Crippen LogP contribution in [0.5, 0.6) is 0 Å². The molecule has 7 nitrogen and oxygen atoms in total. The summed E-state index contributed by atoms with van der Waals surface area (Å²) in [7, 11) is 2.14. The average Bonchev–Trinajstić information content (AvgIpc) is 2.71. The third-order valence-corrected chi connectivity index (χ3v) is 6.00. The maximum absolute atomic E-state index is 12.7. The van der Waals surface area contributed by atoms with Crippen LogP contribution in [0.2, 0.25) is 0 Å². The molecule has 28 heavy (non-hydrogen) atoms. The van der Waals surface area contributed by atoms with Crippen molar-refractivity contribution in [3.8, 4) is 0 Å². The number of nitrogens with one attached hydrogen (secondary N) is 1.